The van der Waals surface area contributed by atoms with Crippen LogP contribution < -0.4 is 9.47 Å². The third-order valence-corrected chi connectivity index (χ3v) is 5.83. The Hall–Kier alpha value is -2.38. The monoisotopic (exact) mass is 458 g/mol. The molecule has 1 amide bonds. The number of ether oxygens (including phenoxy) is 2. The molecule has 2 aliphatic rings. The molecule has 1 saturated heterocycles. The first kappa shape index (κ1) is 19.9. The molecule has 2 aliphatic heterocycles. The highest BCUT2D eigenvalue weighted by atomic mass is 79.9. The number of amides is 1. The smallest absolute Gasteiger partial charge is 0.231 e. The number of Topliss-reactive ketones (excluding diaryl/α,β-unsaturated/α-hetero) is 1. The molecule has 0 atom stereocenters. The van der Waals surface area contributed by atoms with E-state index in [0.29, 0.717) is 18.7 Å². The van der Waals surface area contributed by atoms with Crippen LogP contribution in [0.2, 0.25) is 0 Å². The molecule has 7 heteroatoms. The van der Waals surface area contributed by atoms with Gasteiger partial charge in [0.1, 0.15) is 0 Å². The lowest BCUT2D eigenvalue weighted by molar-refractivity contribution is -0.132. The van der Waals surface area contributed by atoms with Crippen molar-refractivity contribution in [2.24, 2.45) is 0 Å². The minimum absolute atomic E-state index is 0.00675. The fraction of sp³-hybridized carbons (Fsp3) is 0.364. The third kappa shape index (κ3) is 4.97. The van der Waals surface area contributed by atoms with Gasteiger partial charge in [-0.15, -0.1) is 0 Å². The molecule has 0 N–H and O–H groups in total. The summed E-state index contributed by atoms with van der Waals surface area (Å²) in [5, 5.41) is 0. The maximum Gasteiger partial charge on any atom is 0.231 e. The maximum absolute atomic E-state index is 12.5. The lowest BCUT2D eigenvalue weighted by atomic mass is 10.1. The largest absolute Gasteiger partial charge is 0.454 e. The van der Waals surface area contributed by atoms with Crippen molar-refractivity contribution in [3.63, 3.8) is 0 Å². The van der Waals surface area contributed by atoms with Crippen LogP contribution in [0.15, 0.2) is 46.9 Å². The highest BCUT2D eigenvalue weighted by Crippen LogP contribution is 2.32. The van der Waals surface area contributed by atoms with Crippen molar-refractivity contribution in [3.8, 4) is 11.5 Å². The number of hydrogen-bond donors (Lipinski definition) is 0. The number of hydrogen-bond acceptors (Lipinski definition) is 5. The van der Waals surface area contributed by atoms with Gasteiger partial charge in [-0.05, 0) is 29.8 Å². The molecule has 1 fully saturated rings. The van der Waals surface area contributed by atoms with Gasteiger partial charge in [0.25, 0.3) is 0 Å². The Morgan fingerprint density at radius 2 is 1.62 bits per heavy atom. The SMILES string of the molecule is O=C(CCC(=O)N1CCN(Cc2ccc3c(c2)OCO3)CC1)c1ccc(Br)cc1. The summed E-state index contributed by atoms with van der Waals surface area (Å²) in [5.74, 6) is 1.65. The van der Waals surface area contributed by atoms with Crippen LogP contribution in [0.25, 0.3) is 0 Å². The molecule has 0 aromatic heterocycles. The third-order valence-electron chi connectivity index (χ3n) is 5.30. The molecular formula is C22H23BrN2O4. The van der Waals surface area contributed by atoms with Gasteiger partial charge in [0.15, 0.2) is 17.3 Å². The Balaban J connectivity index is 1.22. The van der Waals surface area contributed by atoms with Gasteiger partial charge in [-0.3, -0.25) is 14.5 Å². The Bertz CT molecular complexity index is 892. The maximum atomic E-state index is 12.5. The molecule has 29 heavy (non-hydrogen) atoms. The summed E-state index contributed by atoms with van der Waals surface area (Å²) >= 11 is 3.36. The van der Waals surface area contributed by atoms with Crippen molar-refractivity contribution < 1.29 is 19.1 Å². The van der Waals surface area contributed by atoms with E-state index >= 15 is 0 Å². The number of fused-ring (bicyclic) bond motifs is 1. The average molecular weight is 459 g/mol. The first-order valence-corrected chi connectivity index (χ1v) is 10.6. The van der Waals surface area contributed by atoms with Gasteiger partial charge in [0.2, 0.25) is 12.7 Å². The van der Waals surface area contributed by atoms with Crippen molar-refractivity contribution in [1.82, 2.24) is 9.80 Å². The topological polar surface area (TPSA) is 59.1 Å². The molecular weight excluding hydrogens is 436 g/mol. The van der Waals surface area contributed by atoms with Crippen molar-refractivity contribution >= 4 is 27.6 Å². The first-order chi connectivity index (χ1) is 14.1. The summed E-state index contributed by atoms with van der Waals surface area (Å²) in [4.78, 5) is 29.0. The molecule has 0 spiro atoms. The van der Waals surface area contributed by atoms with E-state index in [1.54, 1.807) is 12.1 Å². The summed E-state index contributed by atoms with van der Waals surface area (Å²) < 4.78 is 11.7. The van der Waals surface area contributed by atoms with E-state index in [1.165, 1.54) is 5.56 Å². The lowest BCUT2D eigenvalue weighted by Gasteiger charge is -2.34. The second-order valence-corrected chi connectivity index (χ2v) is 8.19. The molecule has 0 bridgehead atoms. The Morgan fingerprint density at radius 3 is 2.38 bits per heavy atom. The van der Waals surface area contributed by atoms with Crippen LogP contribution in [0.1, 0.15) is 28.8 Å². The predicted molar refractivity (Wildman–Crippen MR) is 112 cm³/mol. The van der Waals surface area contributed by atoms with Crippen LogP contribution in [0.4, 0.5) is 0 Å². The Kier molecular flexibility index (Phi) is 6.16. The van der Waals surface area contributed by atoms with Gasteiger partial charge in [0.05, 0.1) is 0 Å². The number of piperazine rings is 1. The highest BCUT2D eigenvalue weighted by molar-refractivity contribution is 9.10. The first-order valence-electron chi connectivity index (χ1n) is 9.76. The van der Waals surface area contributed by atoms with Gasteiger partial charge in [0, 0.05) is 55.6 Å². The standard InChI is InChI=1S/C22H23BrN2O4/c23-18-4-2-17(3-5-18)19(26)6-8-22(27)25-11-9-24(10-12-25)14-16-1-7-20-21(13-16)29-15-28-20/h1-5,7,13H,6,8-12,14-15H2. The fourth-order valence-electron chi connectivity index (χ4n) is 3.61. The van der Waals surface area contributed by atoms with Gasteiger partial charge in [-0.1, -0.05) is 34.1 Å². The molecule has 2 aromatic carbocycles. The van der Waals surface area contributed by atoms with Crippen molar-refractivity contribution in [3.05, 3.63) is 58.1 Å². The van der Waals surface area contributed by atoms with Crippen LogP contribution in [0.5, 0.6) is 11.5 Å². The van der Waals surface area contributed by atoms with E-state index < -0.39 is 0 Å². The average Bonchev–Trinajstić information content (AvgIpc) is 3.21. The summed E-state index contributed by atoms with van der Waals surface area (Å²) in [6.07, 6.45) is 0.509. The Morgan fingerprint density at radius 1 is 0.897 bits per heavy atom. The zero-order valence-corrected chi connectivity index (χ0v) is 17.7. The van der Waals surface area contributed by atoms with Gasteiger partial charge < -0.3 is 14.4 Å². The lowest BCUT2D eigenvalue weighted by Crippen LogP contribution is -2.48. The van der Waals surface area contributed by atoms with E-state index in [9.17, 15) is 9.59 Å². The summed E-state index contributed by atoms with van der Waals surface area (Å²) in [7, 11) is 0. The van der Waals surface area contributed by atoms with Crippen molar-refractivity contribution in [2.75, 3.05) is 33.0 Å². The summed E-state index contributed by atoms with van der Waals surface area (Å²) in [5.41, 5.74) is 1.82. The minimum atomic E-state index is 0.00675. The quantitative estimate of drug-likeness (QED) is 0.620. The zero-order valence-electron chi connectivity index (χ0n) is 16.1. The van der Waals surface area contributed by atoms with E-state index in [0.717, 1.165) is 35.6 Å². The fourth-order valence-corrected chi connectivity index (χ4v) is 3.88. The van der Waals surface area contributed by atoms with Crippen LogP contribution in [-0.4, -0.2) is 54.5 Å². The van der Waals surface area contributed by atoms with Crippen LogP contribution in [-0.2, 0) is 11.3 Å². The second-order valence-electron chi connectivity index (χ2n) is 7.27. The number of rotatable bonds is 6. The van der Waals surface area contributed by atoms with Crippen molar-refractivity contribution in [2.45, 2.75) is 19.4 Å². The molecule has 6 nitrogen and oxygen atoms in total. The summed E-state index contributed by atoms with van der Waals surface area (Å²) in [6.45, 7) is 4.12. The number of benzene rings is 2. The van der Waals surface area contributed by atoms with Crippen molar-refractivity contribution in [1.29, 1.82) is 0 Å². The second kappa shape index (κ2) is 8.97. The van der Waals surface area contributed by atoms with Gasteiger partial charge in [-0.2, -0.15) is 0 Å². The van der Waals surface area contributed by atoms with E-state index in [2.05, 4.69) is 26.9 Å². The highest BCUT2D eigenvalue weighted by Gasteiger charge is 2.22. The minimum Gasteiger partial charge on any atom is -0.454 e. The number of carbonyl (C=O) groups excluding carboxylic acids is 2. The predicted octanol–water partition coefficient (Wildman–Crippen LogP) is 3.49. The molecule has 0 aliphatic carbocycles. The summed E-state index contributed by atoms with van der Waals surface area (Å²) in [6, 6.07) is 13.3. The molecule has 0 radical (unpaired) electrons. The number of ketones is 1. The van der Waals surface area contributed by atoms with Gasteiger partial charge >= 0.3 is 0 Å². The van der Waals surface area contributed by atoms with Crippen LogP contribution in [0.3, 0.4) is 0 Å². The van der Waals surface area contributed by atoms with E-state index in [4.69, 9.17) is 9.47 Å². The molecule has 2 aromatic rings. The van der Waals surface area contributed by atoms with E-state index in [-0.39, 0.29) is 31.3 Å². The number of nitrogens with zero attached hydrogens (tertiary/aromatic N) is 2. The van der Waals surface area contributed by atoms with Gasteiger partial charge in [-0.25, -0.2) is 0 Å². The van der Waals surface area contributed by atoms with Crippen LogP contribution in [0, 0.1) is 0 Å². The normalized spacial score (nSPS) is 16.1. The molecule has 2 heterocycles. The molecule has 0 unspecified atom stereocenters. The van der Waals surface area contributed by atoms with E-state index in [1.807, 2.05) is 29.2 Å². The molecule has 4 rings (SSSR count). The zero-order chi connectivity index (χ0) is 20.2. The molecule has 152 valence electrons. The molecule has 0 saturated carbocycles. The Labute approximate surface area is 178 Å². The van der Waals surface area contributed by atoms with Crippen LogP contribution >= 0.6 is 15.9 Å². The number of halogens is 1. The number of carbonyl (C=O) groups is 2.